The van der Waals surface area contributed by atoms with Gasteiger partial charge in [-0.1, -0.05) is 30.3 Å². The lowest BCUT2D eigenvalue weighted by Gasteiger charge is -2.30. The number of hydrogen-bond acceptors (Lipinski definition) is 4. The lowest BCUT2D eigenvalue weighted by molar-refractivity contribution is -0.141. The van der Waals surface area contributed by atoms with E-state index >= 15 is 0 Å². The van der Waals surface area contributed by atoms with E-state index in [0.29, 0.717) is 24.0 Å². The van der Waals surface area contributed by atoms with Gasteiger partial charge in [0.25, 0.3) is 0 Å². The molecule has 0 spiro atoms. The Hall–Kier alpha value is -2.13. The van der Waals surface area contributed by atoms with Crippen molar-refractivity contribution in [1.82, 2.24) is 14.6 Å². The van der Waals surface area contributed by atoms with Crippen LogP contribution in [-0.2, 0) is 11.6 Å². The first kappa shape index (κ1) is 19.2. The number of nitrogens with one attached hydrogen (secondary N) is 1. The highest BCUT2D eigenvalue weighted by molar-refractivity contribution is 9.10. The quantitative estimate of drug-likeness (QED) is 0.612. The highest BCUT2D eigenvalue weighted by Gasteiger charge is 2.40. The van der Waals surface area contributed by atoms with Crippen molar-refractivity contribution in [1.29, 1.82) is 0 Å². The first-order valence-corrected chi connectivity index (χ1v) is 9.67. The molecule has 2 aromatic heterocycles. The summed E-state index contributed by atoms with van der Waals surface area (Å²) in [4.78, 5) is 3.66. The third-order valence-corrected chi connectivity index (χ3v) is 5.65. The van der Waals surface area contributed by atoms with Crippen LogP contribution in [0, 0.1) is 0 Å². The van der Waals surface area contributed by atoms with Crippen molar-refractivity contribution in [3.63, 3.8) is 0 Å². The molecule has 0 saturated heterocycles. The third-order valence-electron chi connectivity index (χ3n) is 5.26. The van der Waals surface area contributed by atoms with Crippen molar-refractivity contribution in [2.24, 2.45) is 0 Å². The molecule has 9 heteroatoms. The predicted molar refractivity (Wildman–Crippen MR) is 102 cm³/mol. The predicted octanol–water partition coefficient (Wildman–Crippen LogP) is 4.41. The molecular weight excluding hydrogens is 437 g/mol. The van der Waals surface area contributed by atoms with Gasteiger partial charge in [0, 0.05) is 24.1 Å². The standard InChI is InChI=1S/C19H18BrF3N4O/c20-15-9-17-25-14(19(21,22)23)8-16(27(17)26-15)24-11-18(7-6-13(28)10-18)12-4-2-1-3-5-12/h1-5,8-9,13,24,28H,6-7,10-11H2/t13-,18+/m1/s1. The van der Waals surface area contributed by atoms with E-state index in [2.05, 4.69) is 31.3 Å². The van der Waals surface area contributed by atoms with E-state index in [9.17, 15) is 18.3 Å². The number of fused-ring (bicyclic) bond motifs is 1. The molecule has 0 aliphatic heterocycles. The maximum atomic E-state index is 13.3. The van der Waals surface area contributed by atoms with E-state index in [1.54, 1.807) is 0 Å². The van der Waals surface area contributed by atoms with Gasteiger partial charge in [-0.05, 0) is 40.8 Å². The summed E-state index contributed by atoms with van der Waals surface area (Å²) >= 11 is 3.19. The summed E-state index contributed by atoms with van der Waals surface area (Å²) in [6.45, 7) is 0.377. The van der Waals surface area contributed by atoms with Crippen LogP contribution in [0.25, 0.3) is 5.65 Å². The van der Waals surface area contributed by atoms with Crippen molar-refractivity contribution in [3.8, 4) is 0 Å². The van der Waals surface area contributed by atoms with E-state index in [1.807, 2.05) is 30.3 Å². The average Bonchev–Trinajstić information content (AvgIpc) is 3.22. The van der Waals surface area contributed by atoms with Gasteiger partial charge in [-0.15, -0.1) is 0 Å². The largest absolute Gasteiger partial charge is 0.433 e. The van der Waals surface area contributed by atoms with Gasteiger partial charge in [0.05, 0.1) is 6.10 Å². The summed E-state index contributed by atoms with van der Waals surface area (Å²) in [6.07, 6.45) is -3.04. The molecule has 1 fully saturated rings. The van der Waals surface area contributed by atoms with Gasteiger partial charge in [-0.3, -0.25) is 0 Å². The summed E-state index contributed by atoms with van der Waals surface area (Å²) in [5.41, 5.74) is -0.180. The number of alkyl halides is 3. The minimum Gasteiger partial charge on any atom is -0.393 e. The Kier molecular flexibility index (Phi) is 4.83. The summed E-state index contributed by atoms with van der Waals surface area (Å²) in [5.74, 6) is 0.208. The molecule has 1 aliphatic carbocycles. The molecule has 2 heterocycles. The van der Waals surface area contributed by atoms with Gasteiger partial charge in [-0.2, -0.15) is 22.8 Å². The van der Waals surface area contributed by atoms with E-state index in [-0.39, 0.29) is 16.9 Å². The fraction of sp³-hybridized carbons (Fsp3) is 0.368. The third kappa shape index (κ3) is 3.60. The number of aliphatic hydroxyl groups excluding tert-OH is 1. The molecule has 1 aliphatic rings. The van der Waals surface area contributed by atoms with Crippen LogP contribution < -0.4 is 5.32 Å². The second kappa shape index (κ2) is 7.04. The summed E-state index contributed by atoms with van der Waals surface area (Å²) in [7, 11) is 0. The van der Waals surface area contributed by atoms with Crippen LogP contribution in [-0.4, -0.2) is 32.4 Å². The minimum atomic E-state index is -4.56. The number of anilines is 1. The van der Waals surface area contributed by atoms with Crippen LogP contribution in [0.1, 0.15) is 30.5 Å². The topological polar surface area (TPSA) is 62.5 Å². The smallest absolute Gasteiger partial charge is 0.393 e. The molecule has 0 bridgehead atoms. The average molecular weight is 455 g/mol. The summed E-state index contributed by atoms with van der Waals surface area (Å²) < 4.78 is 41.6. The van der Waals surface area contributed by atoms with Crippen molar-refractivity contribution in [2.75, 3.05) is 11.9 Å². The number of aromatic nitrogens is 3. The maximum absolute atomic E-state index is 13.3. The van der Waals surface area contributed by atoms with Crippen LogP contribution in [0.5, 0.6) is 0 Å². The van der Waals surface area contributed by atoms with Gasteiger partial charge >= 0.3 is 6.18 Å². The second-order valence-electron chi connectivity index (χ2n) is 7.16. The van der Waals surface area contributed by atoms with Gasteiger partial charge in [0.1, 0.15) is 10.4 Å². The normalized spacial score (nSPS) is 22.7. The summed E-state index contributed by atoms with van der Waals surface area (Å²) in [6, 6.07) is 12.2. The molecule has 28 heavy (non-hydrogen) atoms. The molecule has 0 amide bonds. The minimum absolute atomic E-state index is 0.101. The Morgan fingerprint density at radius 1 is 1.25 bits per heavy atom. The number of halogens is 4. The number of nitrogens with zero attached hydrogens (tertiary/aromatic N) is 3. The number of rotatable bonds is 4. The molecule has 2 atom stereocenters. The monoisotopic (exact) mass is 454 g/mol. The Morgan fingerprint density at radius 2 is 2.00 bits per heavy atom. The zero-order chi connectivity index (χ0) is 19.9. The Bertz CT molecular complexity index is 992. The number of aliphatic hydroxyl groups is 1. The highest BCUT2D eigenvalue weighted by atomic mass is 79.9. The van der Waals surface area contributed by atoms with Gasteiger partial charge in [-0.25, -0.2) is 4.98 Å². The molecule has 0 radical (unpaired) electrons. The van der Waals surface area contributed by atoms with Crippen molar-refractivity contribution in [2.45, 2.75) is 37.0 Å². The zero-order valence-electron chi connectivity index (χ0n) is 14.7. The first-order valence-electron chi connectivity index (χ1n) is 8.88. The SMILES string of the molecule is O[C@@H]1CC[C@](CNc2cc(C(F)(F)F)nc3cc(Br)nn23)(c2ccccc2)C1. The molecule has 1 aromatic carbocycles. The molecule has 148 valence electrons. The molecule has 1 saturated carbocycles. The second-order valence-corrected chi connectivity index (χ2v) is 7.97. The Morgan fingerprint density at radius 3 is 2.64 bits per heavy atom. The molecule has 4 rings (SSSR count). The van der Waals surface area contributed by atoms with Crippen LogP contribution in [0.15, 0.2) is 47.1 Å². The molecule has 3 aromatic rings. The number of benzene rings is 1. The van der Waals surface area contributed by atoms with E-state index in [1.165, 1.54) is 10.6 Å². The van der Waals surface area contributed by atoms with Crippen molar-refractivity contribution >= 4 is 27.4 Å². The molecular formula is C19H18BrF3N4O. The fourth-order valence-electron chi connectivity index (χ4n) is 3.89. The summed E-state index contributed by atoms with van der Waals surface area (Å²) in [5, 5.41) is 17.5. The lowest BCUT2D eigenvalue weighted by atomic mass is 9.78. The van der Waals surface area contributed by atoms with Crippen molar-refractivity contribution in [3.05, 3.63) is 58.3 Å². The zero-order valence-corrected chi connectivity index (χ0v) is 16.3. The first-order chi connectivity index (χ1) is 13.3. The molecule has 2 N–H and O–H groups in total. The fourth-order valence-corrected chi connectivity index (χ4v) is 4.26. The molecule has 0 unspecified atom stereocenters. The lowest BCUT2D eigenvalue weighted by Crippen LogP contribution is -2.33. The highest BCUT2D eigenvalue weighted by Crippen LogP contribution is 2.41. The van der Waals surface area contributed by atoms with Crippen LogP contribution in [0.3, 0.4) is 0 Å². The van der Waals surface area contributed by atoms with Crippen LogP contribution >= 0.6 is 15.9 Å². The van der Waals surface area contributed by atoms with Gasteiger partial charge in [0.2, 0.25) is 0 Å². The Labute approximate surface area is 167 Å². The Balaban J connectivity index is 1.71. The van der Waals surface area contributed by atoms with Crippen molar-refractivity contribution < 1.29 is 18.3 Å². The van der Waals surface area contributed by atoms with Gasteiger partial charge in [0.15, 0.2) is 11.3 Å². The van der Waals surface area contributed by atoms with Crippen LogP contribution in [0.4, 0.5) is 19.0 Å². The maximum Gasteiger partial charge on any atom is 0.433 e. The van der Waals surface area contributed by atoms with E-state index < -0.39 is 18.0 Å². The number of hydrogen-bond donors (Lipinski definition) is 2. The molecule has 5 nitrogen and oxygen atoms in total. The van der Waals surface area contributed by atoms with Gasteiger partial charge < -0.3 is 10.4 Å². The van der Waals surface area contributed by atoms with Crippen LogP contribution in [0.2, 0.25) is 0 Å². The van der Waals surface area contributed by atoms with E-state index in [4.69, 9.17) is 0 Å². The van der Waals surface area contributed by atoms with E-state index in [0.717, 1.165) is 18.1 Å².